The van der Waals surface area contributed by atoms with Crippen LogP contribution in [0.15, 0.2) is 18.5 Å². The minimum absolute atomic E-state index is 0.379. The molecule has 1 aromatic rings. The van der Waals surface area contributed by atoms with E-state index in [0.29, 0.717) is 18.9 Å². The SMILES string of the molecule is CC(C)CC(NCc1cc[nH]c1)C(=O)O. The van der Waals surface area contributed by atoms with Gasteiger partial charge in [-0.1, -0.05) is 13.8 Å². The molecule has 0 spiro atoms. The summed E-state index contributed by atoms with van der Waals surface area (Å²) < 4.78 is 0. The number of H-pyrrole nitrogens is 1. The Kier molecular flexibility index (Phi) is 4.37. The van der Waals surface area contributed by atoms with E-state index < -0.39 is 12.0 Å². The smallest absolute Gasteiger partial charge is 0.320 e. The number of nitrogens with one attached hydrogen (secondary N) is 2. The van der Waals surface area contributed by atoms with Crippen LogP contribution in [0.4, 0.5) is 0 Å². The Morgan fingerprint density at radius 2 is 2.33 bits per heavy atom. The summed E-state index contributed by atoms with van der Waals surface area (Å²) in [6, 6.07) is 1.47. The Bertz CT molecular complexity index is 294. The quantitative estimate of drug-likeness (QED) is 0.668. The molecule has 0 aliphatic heterocycles. The predicted octanol–water partition coefficient (Wildman–Crippen LogP) is 1.60. The van der Waals surface area contributed by atoms with Gasteiger partial charge in [0, 0.05) is 18.9 Å². The molecule has 0 saturated heterocycles. The molecule has 1 rings (SSSR count). The molecule has 15 heavy (non-hydrogen) atoms. The fourth-order valence-corrected chi connectivity index (χ4v) is 1.45. The topological polar surface area (TPSA) is 65.1 Å². The summed E-state index contributed by atoms with van der Waals surface area (Å²) in [7, 11) is 0. The van der Waals surface area contributed by atoms with Gasteiger partial charge in [0.25, 0.3) is 0 Å². The lowest BCUT2D eigenvalue weighted by Crippen LogP contribution is -2.37. The highest BCUT2D eigenvalue weighted by atomic mass is 16.4. The molecule has 0 amide bonds. The molecule has 1 heterocycles. The normalized spacial score (nSPS) is 13.0. The molecule has 0 radical (unpaired) electrons. The van der Waals surface area contributed by atoms with E-state index in [4.69, 9.17) is 5.11 Å². The second kappa shape index (κ2) is 5.56. The molecule has 0 aromatic carbocycles. The first-order valence-corrected chi connectivity index (χ1v) is 5.17. The molecule has 84 valence electrons. The summed E-state index contributed by atoms with van der Waals surface area (Å²) in [4.78, 5) is 13.9. The van der Waals surface area contributed by atoms with Gasteiger partial charge in [-0.2, -0.15) is 0 Å². The molecule has 0 bridgehead atoms. The number of aliphatic carboxylic acids is 1. The van der Waals surface area contributed by atoms with E-state index in [-0.39, 0.29) is 0 Å². The van der Waals surface area contributed by atoms with Crippen molar-refractivity contribution in [3.8, 4) is 0 Å². The maximum atomic E-state index is 10.9. The first-order valence-electron chi connectivity index (χ1n) is 5.17. The molecule has 0 fully saturated rings. The minimum Gasteiger partial charge on any atom is -0.480 e. The van der Waals surface area contributed by atoms with Gasteiger partial charge in [0.1, 0.15) is 6.04 Å². The Hall–Kier alpha value is -1.29. The first kappa shape index (κ1) is 11.8. The number of carboxylic acids is 1. The first-order chi connectivity index (χ1) is 7.09. The number of hydrogen-bond acceptors (Lipinski definition) is 2. The molecular weight excluding hydrogens is 192 g/mol. The standard InChI is InChI=1S/C11H18N2O2/c1-8(2)5-10(11(14)15)13-7-9-3-4-12-6-9/h3-4,6,8,10,12-13H,5,7H2,1-2H3,(H,14,15). The van der Waals surface area contributed by atoms with Crippen LogP contribution in [0.2, 0.25) is 0 Å². The third kappa shape index (κ3) is 4.16. The van der Waals surface area contributed by atoms with Crippen LogP contribution in [0.25, 0.3) is 0 Å². The fourth-order valence-electron chi connectivity index (χ4n) is 1.45. The van der Waals surface area contributed by atoms with Crippen molar-refractivity contribution in [3.05, 3.63) is 24.0 Å². The van der Waals surface area contributed by atoms with E-state index >= 15 is 0 Å². The summed E-state index contributed by atoms with van der Waals surface area (Å²) in [5, 5.41) is 12.0. The van der Waals surface area contributed by atoms with Crippen molar-refractivity contribution >= 4 is 5.97 Å². The van der Waals surface area contributed by atoms with Crippen LogP contribution in [0, 0.1) is 5.92 Å². The number of carboxylic acid groups (broad SMARTS) is 1. The molecule has 1 unspecified atom stereocenters. The van der Waals surface area contributed by atoms with Gasteiger partial charge in [-0.25, -0.2) is 0 Å². The zero-order valence-electron chi connectivity index (χ0n) is 9.16. The zero-order valence-corrected chi connectivity index (χ0v) is 9.16. The molecule has 4 nitrogen and oxygen atoms in total. The Balaban J connectivity index is 2.41. The van der Waals surface area contributed by atoms with Gasteiger partial charge >= 0.3 is 5.97 Å². The molecule has 0 aliphatic rings. The monoisotopic (exact) mass is 210 g/mol. The van der Waals surface area contributed by atoms with Crippen LogP contribution in [-0.4, -0.2) is 22.1 Å². The number of aromatic amines is 1. The zero-order chi connectivity index (χ0) is 11.3. The van der Waals surface area contributed by atoms with Crippen LogP contribution < -0.4 is 5.32 Å². The van der Waals surface area contributed by atoms with E-state index in [2.05, 4.69) is 10.3 Å². The van der Waals surface area contributed by atoms with Crippen molar-refractivity contribution in [2.24, 2.45) is 5.92 Å². The average molecular weight is 210 g/mol. The van der Waals surface area contributed by atoms with Gasteiger partial charge in [0.2, 0.25) is 0 Å². The molecule has 1 atom stereocenters. The molecule has 0 saturated carbocycles. The number of rotatable bonds is 6. The number of hydrogen-bond donors (Lipinski definition) is 3. The van der Waals surface area contributed by atoms with Crippen molar-refractivity contribution in [1.29, 1.82) is 0 Å². The highest BCUT2D eigenvalue weighted by Gasteiger charge is 2.17. The second-order valence-corrected chi connectivity index (χ2v) is 4.12. The lowest BCUT2D eigenvalue weighted by atomic mass is 10.0. The largest absolute Gasteiger partial charge is 0.480 e. The lowest BCUT2D eigenvalue weighted by Gasteiger charge is -2.15. The van der Waals surface area contributed by atoms with Gasteiger partial charge in [0.15, 0.2) is 0 Å². The Labute approximate surface area is 89.7 Å². The summed E-state index contributed by atoms with van der Waals surface area (Å²) in [6.07, 6.45) is 4.34. The number of aromatic nitrogens is 1. The van der Waals surface area contributed by atoms with Crippen LogP contribution >= 0.6 is 0 Å². The minimum atomic E-state index is -0.778. The summed E-state index contributed by atoms with van der Waals surface area (Å²) in [5.41, 5.74) is 1.07. The maximum Gasteiger partial charge on any atom is 0.320 e. The molecule has 0 aliphatic carbocycles. The van der Waals surface area contributed by atoms with E-state index in [0.717, 1.165) is 5.56 Å². The molecule has 4 heteroatoms. The van der Waals surface area contributed by atoms with Crippen molar-refractivity contribution in [1.82, 2.24) is 10.3 Å². The number of carbonyl (C=O) groups is 1. The Morgan fingerprint density at radius 3 is 2.80 bits per heavy atom. The molecular formula is C11H18N2O2. The lowest BCUT2D eigenvalue weighted by molar-refractivity contribution is -0.140. The average Bonchev–Trinajstić information content (AvgIpc) is 2.63. The van der Waals surface area contributed by atoms with Crippen molar-refractivity contribution < 1.29 is 9.90 Å². The van der Waals surface area contributed by atoms with Crippen molar-refractivity contribution in [2.75, 3.05) is 0 Å². The van der Waals surface area contributed by atoms with E-state index in [9.17, 15) is 4.79 Å². The highest BCUT2D eigenvalue weighted by molar-refractivity contribution is 5.73. The fraction of sp³-hybridized carbons (Fsp3) is 0.545. The van der Waals surface area contributed by atoms with Gasteiger partial charge in [0.05, 0.1) is 0 Å². The van der Waals surface area contributed by atoms with Crippen molar-refractivity contribution in [2.45, 2.75) is 32.9 Å². The van der Waals surface area contributed by atoms with E-state index in [1.807, 2.05) is 32.3 Å². The van der Waals surface area contributed by atoms with Crippen LogP contribution in [-0.2, 0) is 11.3 Å². The van der Waals surface area contributed by atoms with Crippen LogP contribution in [0.5, 0.6) is 0 Å². The summed E-state index contributed by atoms with van der Waals surface area (Å²) >= 11 is 0. The third-order valence-electron chi connectivity index (χ3n) is 2.22. The van der Waals surface area contributed by atoms with Gasteiger partial charge < -0.3 is 15.4 Å². The van der Waals surface area contributed by atoms with Crippen LogP contribution in [0.3, 0.4) is 0 Å². The molecule has 3 N–H and O–H groups in total. The van der Waals surface area contributed by atoms with Gasteiger partial charge in [-0.05, 0) is 24.0 Å². The summed E-state index contributed by atoms with van der Waals surface area (Å²) in [6.45, 7) is 4.63. The predicted molar refractivity (Wildman–Crippen MR) is 58.5 cm³/mol. The highest BCUT2D eigenvalue weighted by Crippen LogP contribution is 2.06. The van der Waals surface area contributed by atoms with Gasteiger partial charge in [-0.3, -0.25) is 4.79 Å². The van der Waals surface area contributed by atoms with Crippen LogP contribution in [0.1, 0.15) is 25.8 Å². The second-order valence-electron chi connectivity index (χ2n) is 4.12. The molecule has 1 aromatic heterocycles. The van der Waals surface area contributed by atoms with E-state index in [1.54, 1.807) is 0 Å². The summed E-state index contributed by atoms with van der Waals surface area (Å²) in [5.74, 6) is -0.399. The maximum absolute atomic E-state index is 10.9. The van der Waals surface area contributed by atoms with Crippen molar-refractivity contribution in [3.63, 3.8) is 0 Å². The Morgan fingerprint density at radius 1 is 1.60 bits per heavy atom. The third-order valence-corrected chi connectivity index (χ3v) is 2.22. The van der Waals surface area contributed by atoms with E-state index in [1.165, 1.54) is 0 Å². The van der Waals surface area contributed by atoms with Gasteiger partial charge in [-0.15, -0.1) is 0 Å².